The van der Waals surface area contributed by atoms with Crippen molar-refractivity contribution in [3.63, 3.8) is 0 Å². The summed E-state index contributed by atoms with van der Waals surface area (Å²) in [6.07, 6.45) is 0. The van der Waals surface area contributed by atoms with Crippen molar-refractivity contribution >= 4 is 11.4 Å². The zero-order chi connectivity index (χ0) is 12.1. The van der Waals surface area contributed by atoms with Crippen molar-refractivity contribution in [1.29, 1.82) is 0 Å². The van der Waals surface area contributed by atoms with Gasteiger partial charge < -0.3 is 9.47 Å². The van der Waals surface area contributed by atoms with Crippen LogP contribution in [-0.2, 0) is 0 Å². The molecule has 0 saturated heterocycles. The van der Waals surface area contributed by atoms with E-state index in [-0.39, 0.29) is 0 Å². The first-order valence-corrected chi connectivity index (χ1v) is 5.33. The van der Waals surface area contributed by atoms with Gasteiger partial charge in [-0.15, -0.1) is 0 Å². The van der Waals surface area contributed by atoms with Crippen LogP contribution in [0.3, 0.4) is 0 Å². The standard InChI is InChI=1S/C14H14NO2/c1-16-13-9-5-3-7-11(13)15-12-8-4-6-10-14(12)17-2/h3-10H,1-2H3. The van der Waals surface area contributed by atoms with Crippen molar-refractivity contribution < 1.29 is 9.47 Å². The van der Waals surface area contributed by atoms with Crippen LogP contribution in [-0.4, -0.2) is 14.2 Å². The van der Waals surface area contributed by atoms with E-state index < -0.39 is 0 Å². The SMILES string of the molecule is COc1ccccc1[N]c1ccccc1OC. The van der Waals surface area contributed by atoms with Crippen molar-refractivity contribution in [2.24, 2.45) is 0 Å². The fraction of sp³-hybridized carbons (Fsp3) is 0.143. The summed E-state index contributed by atoms with van der Waals surface area (Å²) in [6, 6.07) is 15.3. The van der Waals surface area contributed by atoms with Crippen LogP contribution in [0.4, 0.5) is 11.4 Å². The number of methoxy groups -OCH3 is 2. The predicted octanol–water partition coefficient (Wildman–Crippen LogP) is 3.27. The third kappa shape index (κ3) is 2.50. The Morgan fingerprint density at radius 3 is 1.53 bits per heavy atom. The summed E-state index contributed by atoms with van der Waals surface area (Å²) >= 11 is 0. The van der Waals surface area contributed by atoms with Crippen LogP contribution >= 0.6 is 0 Å². The lowest BCUT2D eigenvalue weighted by molar-refractivity contribution is 0.410. The topological polar surface area (TPSA) is 32.6 Å². The average Bonchev–Trinajstić information content (AvgIpc) is 2.40. The minimum atomic E-state index is 0.749. The number of hydrogen-bond donors (Lipinski definition) is 0. The van der Waals surface area contributed by atoms with Crippen molar-refractivity contribution in [2.45, 2.75) is 0 Å². The smallest absolute Gasteiger partial charge is 0.144 e. The first-order valence-electron chi connectivity index (χ1n) is 5.33. The summed E-state index contributed by atoms with van der Waals surface area (Å²) in [6.45, 7) is 0. The zero-order valence-corrected chi connectivity index (χ0v) is 9.88. The molecule has 0 fully saturated rings. The minimum absolute atomic E-state index is 0.749. The molecule has 0 heterocycles. The summed E-state index contributed by atoms with van der Waals surface area (Å²) in [5.41, 5.74) is 1.58. The molecule has 0 aromatic heterocycles. The molecule has 0 amide bonds. The first kappa shape index (κ1) is 11.3. The molecule has 0 unspecified atom stereocenters. The largest absolute Gasteiger partial charge is 0.494 e. The highest BCUT2D eigenvalue weighted by atomic mass is 16.5. The van der Waals surface area contributed by atoms with E-state index >= 15 is 0 Å². The Bertz CT molecular complexity index is 452. The molecule has 17 heavy (non-hydrogen) atoms. The lowest BCUT2D eigenvalue weighted by Crippen LogP contribution is -1.95. The van der Waals surface area contributed by atoms with Gasteiger partial charge in [-0.3, -0.25) is 0 Å². The zero-order valence-electron chi connectivity index (χ0n) is 9.88. The van der Waals surface area contributed by atoms with Crippen molar-refractivity contribution in [3.8, 4) is 11.5 Å². The summed E-state index contributed by atoms with van der Waals surface area (Å²) < 4.78 is 10.5. The van der Waals surface area contributed by atoms with Gasteiger partial charge in [0.05, 0.1) is 14.2 Å². The molecule has 0 aliphatic heterocycles. The summed E-state index contributed by atoms with van der Waals surface area (Å²) in [4.78, 5) is 0. The molecule has 87 valence electrons. The maximum Gasteiger partial charge on any atom is 0.144 e. The molecule has 0 aliphatic rings. The van der Waals surface area contributed by atoms with Gasteiger partial charge in [0.1, 0.15) is 22.9 Å². The van der Waals surface area contributed by atoms with Gasteiger partial charge in [0.15, 0.2) is 0 Å². The number of hydrogen-bond acceptors (Lipinski definition) is 2. The molecule has 3 nitrogen and oxygen atoms in total. The molecule has 3 heteroatoms. The maximum absolute atomic E-state index is 5.26. The van der Waals surface area contributed by atoms with Gasteiger partial charge >= 0.3 is 0 Å². The summed E-state index contributed by atoms with van der Waals surface area (Å²) in [5, 5.41) is 4.53. The van der Waals surface area contributed by atoms with Crippen LogP contribution < -0.4 is 14.8 Å². The molecule has 0 saturated carbocycles. The van der Waals surface area contributed by atoms with Crippen molar-refractivity contribution in [1.82, 2.24) is 5.32 Å². The molecule has 0 atom stereocenters. The molecule has 2 rings (SSSR count). The van der Waals surface area contributed by atoms with Crippen LogP contribution in [0.2, 0.25) is 0 Å². The molecule has 0 bridgehead atoms. The molecule has 2 aromatic carbocycles. The van der Waals surface area contributed by atoms with E-state index in [1.165, 1.54) is 0 Å². The molecular formula is C14H14NO2. The first-order chi connectivity index (χ1) is 8.35. The second-order valence-electron chi connectivity index (χ2n) is 3.46. The number of para-hydroxylation sites is 4. The van der Waals surface area contributed by atoms with E-state index in [9.17, 15) is 0 Å². The number of ether oxygens (including phenoxy) is 2. The number of nitrogens with zero attached hydrogens (tertiary/aromatic N) is 1. The lowest BCUT2D eigenvalue weighted by atomic mass is 10.2. The highest BCUT2D eigenvalue weighted by Crippen LogP contribution is 2.31. The van der Waals surface area contributed by atoms with Gasteiger partial charge in [-0.05, 0) is 24.3 Å². The normalized spacial score (nSPS) is 9.76. The van der Waals surface area contributed by atoms with Crippen LogP contribution in [0.15, 0.2) is 48.5 Å². The third-order valence-electron chi connectivity index (χ3n) is 2.41. The highest BCUT2D eigenvalue weighted by molar-refractivity contribution is 5.61. The Hall–Kier alpha value is -2.16. The van der Waals surface area contributed by atoms with Crippen LogP contribution in [0.25, 0.3) is 0 Å². The minimum Gasteiger partial charge on any atom is -0.494 e. The molecule has 0 N–H and O–H groups in total. The molecule has 1 radical (unpaired) electrons. The maximum atomic E-state index is 5.26. The Morgan fingerprint density at radius 1 is 0.706 bits per heavy atom. The van der Waals surface area contributed by atoms with Crippen LogP contribution in [0.5, 0.6) is 11.5 Å². The quantitative estimate of drug-likeness (QED) is 0.804. The second-order valence-corrected chi connectivity index (χ2v) is 3.46. The molecule has 0 spiro atoms. The van der Waals surface area contributed by atoms with Gasteiger partial charge in [-0.2, -0.15) is 0 Å². The molecule has 0 aliphatic carbocycles. The Labute approximate surface area is 101 Å². The summed E-state index contributed by atoms with van der Waals surface area (Å²) in [5.74, 6) is 1.50. The third-order valence-corrected chi connectivity index (χ3v) is 2.41. The van der Waals surface area contributed by atoms with Gasteiger partial charge in [0.2, 0.25) is 0 Å². The van der Waals surface area contributed by atoms with Crippen LogP contribution in [0, 0.1) is 0 Å². The predicted molar refractivity (Wildman–Crippen MR) is 67.4 cm³/mol. The lowest BCUT2D eigenvalue weighted by Gasteiger charge is -2.10. The summed E-state index contributed by atoms with van der Waals surface area (Å²) in [7, 11) is 3.27. The Morgan fingerprint density at radius 2 is 1.12 bits per heavy atom. The fourth-order valence-electron chi connectivity index (χ4n) is 1.57. The van der Waals surface area contributed by atoms with E-state index in [2.05, 4.69) is 5.32 Å². The molecular weight excluding hydrogens is 214 g/mol. The highest BCUT2D eigenvalue weighted by Gasteiger charge is 2.07. The van der Waals surface area contributed by atoms with Gasteiger partial charge in [-0.25, -0.2) is 5.32 Å². The van der Waals surface area contributed by atoms with E-state index in [0.717, 1.165) is 22.9 Å². The number of rotatable bonds is 4. The Kier molecular flexibility index (Phi) is 3.50. The van der Waals surface area contributed by atoms with E-state index in [1.807, 2.05) is 48.5 Å². The van der Waals surface area contributed by atoms with Gasteiger partial charge in [0.25, 0.3) is 0 Å². The average molecular weight is 228 g/mol. The fourth-order valence-corrected chi connectivity index (χ4v) is 1.57. The van der Waals surface area contributed by atoms with E-state index in [0.29, 0.717) is 0 Å². The van der Waals surface area contributed by atoms with Crippen molar-refractivity contribution in [2.75, 3.05) is 14.2 Å². The van der Waals surface area contributed by atoms with Gasteiger partial charge in [0, 0.05) is 0 Å². The van der Waals surface area contributed by atoms with Crippen LogP contribution in [0.1, 0.15) is 0 Å². The van der Waals surface area contributed by atoms with E-state index in [4.69, 9.17) is 9.47 Å². The number of benzene rings is 2. The monoisotopic (exact) mass is 228 g/mol. The van der Waals surface area contributed by atoms with E-state index in [1.54, 1.807) is 14.2 Å². The Balaban J connectivity index is 2.31. The van der Waals surface area contributed by atoms with Crippen molar-refractivity contribution in [3.05, 3.63) is 48.5 Å². The second kappa shape index (κ2) is 5.25. The molecule has 2 aromatic rings. The van der Waals surface area contributed by atoms with Gasteiger partial charge in [-0.1, -0.05) is 24.3 Å².